The third-order valence-corrected chi connectivity index (χ3v) is 1.64. The van der Waals surface area contributed by atoms with Crippen LogP contribution in [0.2, 0.25) is 0 Å². The first kappa shape index (κ1) is 10.4. The van der Waals surface area contributed by atoms with Crippen molar-refractivity contribution in [1.29, 1.82) is 0 Å². The zero-order valence-electron chi connectivity index (χ0n) is 8.02. The number of hydrogen-bond donors (Lipinski definition) is 2. The van der Waals surface area contributed by atoms with E-state index in [2.05, 4.69) is 0 Å². The van der Waals surface area contributed by atoms with Crippen molar-refractivity contribution >= 4 is 5.97 Å². The van der Waals surface area contributed by atoms with Crippen LogP contribution in [0.1, 0.15) is 13.8 Å². The molecule has 0 atom stereocenters. The van der Waals surface area contributed by atoms with Gasteiger partial charge in [-0.05, 0) is 12.1 Å². The molecule has 0 bridgehead atoms. The highest BCUT2D eigenvalue weighted by Crippen LogP contribution is 2.28. The molecule has 0 unspecified atom stereocenters. The maximum atomic E-state index is 11.1. The Hall–Kier alpha value is -1.71. The minimum atomic E-state index is -0.380. The Morgan fingerprint density at radius 2 is 1.93 bits per heavy atom. The molecule has 0 aliphatic rings. The van der Waals surface area contributed by atoms with E-state index in [1.54, 1.807) is 13.8 Å². The van der Waals surface area contributed by atoms with Gasteiger partial charge in [-0.1, -0.05) is 13.8 Å². The number of carbonyl (C=O) groups is 1. The predicted molar refractivity (Wildman–Crippen MR) is 50.2 cm³/mol. The van der Waals surface area contributed by atoms with Gasteiger partial charge in [0.05, 0.1) is 5.92 Å². The standard InChI is InChI=1S/C10H12O4/c1-6(2)10(13)14-7-3-4-8(11)9(12)5-7/h3-6,11-12H,1-2H3. The van der Waals surface area contributed by atoms with Crippen LogP contribution >= 0.6 is 0 Å². The number of phenols is 2. The SMILES string of the molecule is CC(C)C(=O)Oc1ccc(O)c(O)c1. The molecule has 2 N–H and O–H groups in total. The monoisotopic (exact) mass is 196 g/mol. The minimum Gasteiger partial charge on any atom is -0.504 e. The van der Waals surface area contributed by atoms with Crippen molar-refractivity contribution < 1.29 is 19.7 Å². The van der Waals surface area contributed by atoms with Crippen molar-refractivity contribution in [2.24, 2.45) is 5.92 Å². The Bertz CT molecular complexity index is 344. The summed E-state index contributed by atoms with van der Waals surface area (Å²) in [6, 6.07) is 3.86. The smallest absolute Gasteiger partial charge is 0.313 e. The molecule has 0 saturated heterocycles. The van der Waals surface area contributed by atoms with Gasteiger partial charge in [-0.2, -0.15) is 0 Å². The summed E-state index contributed by atoms with van der Waals surface area (Å²) >= 11 is 0. The fourth-order valence-electron chi connectivity index (χ4n) is 0.801. The van der Waals surface area contributed by atoms with E-state index in [1.165, 1.54) is 18.2 Å². The van der Waals surface area contributed by atoms with Gasteiger partial charge in [0.15, 0.2) is 11.5 Å². The highest BCUT2D eigenvalue weighted by atomic mass is 16.5. The van der Waals surface area contributed by atoms with Crippen LogP contribution in [0.4, 0.5) is 0 Å². The topological polar surface area (TPSA) is 66.8 Å². The van der Waals surface area contributed by atoms with Crippen molar-refractivity contribution in [1.82, 2.24) is 0 Å². The molecule has 0 aliphatic carbocycles. The second-order valence-electron chi connectivity index (χ2n) is 3.23. The molecular formula is C10H12O4. The van der Waals surface area contributed by atoms with Crippen LogP contribution < -0.4 is 4.74 Å². The highest BCUT2D eigenvalue weighted by Gasteiger charge is 2.10. The van der Waals surface area contributed by atoms with Gasteiger partial charge < -0.3 is 14.9 Å². The van der Waals surface area contributed by atoms with Gasteiger partial charge in [0.1, 0.15) is 5.75 Å². The zero-order valence-corrected chi connectivity index (χ0v) is 8.02. The summed E-state index contributed by atoms with van der Waals surface area (Å²) < 4.78 is 4.90. The maximum Gasteiger partial charge on any atom is 0.313 e. The third kappa shape index (κ3) is 2.39. The summed E-state index contributed by atoms with van der Waals surface area (Å²) in [5, 5.41) is 18.1. The lowest BCUT2D eigenvalue weighted by Gasteiger charge is -2.06. The van der Waals surface area contributed by atoms with Crippen molar-refractivity contribution in [2.45, 2.75) is 13.8 Å². The molecule has 14 heavy (non-hydrogen) atoms. The Morgan fingerprint density at radius 3 is 2.43 bits per heavy atom. The molecule has 1 rings (SSSR count). The normalized spacial score (nSPS) is 10.2. The maximum absolute atomic E-state index is 11.1. The average molecular weight is 196 g/mol. The highest BCUT2D eigenvalue weighted by molar-refractivity contribution is 5.74. The predicted octanol–water partition coefficient (Wildman–Crippen LogP) is 1.66. The molecule has 0 radical (unpaired) electrons. The van der Waals surface area contributed by atoms with Gasteiger partial charge in [-0.3, -0.25) is 4.79 Å². The van der Waals surface area contributed by atoms with Gasteiger partial charge in [0.25, 0.3) is 0 Å². The molecule has 0 heterocycles. The first-order valence-corrected chi connectivity index (χ1v) is 4.24. The van der Waals surface area contributed by atoms with E-state index >= 15 is 0 Å². The number of carbonyl (C=O) groups excluding carboxylic acids is 1. The lowest BCUT2D eigenvalue weighted by molar-refractivity contribution is -0.137. The first-order valence-electron chi connectivity index (χ1n) is 4.24. The second kappa shape index (κ2) is 4.00. The lowest BCUT2D eigenvalue weighted by Crippen LogP contribution is -2.14. The number of esters is 1. The largest absolute Gasteiger partial charge is 0.504 e. The number of phenolic OH excluding ortho intramolecular Hbond substituents is 2. The number of benzene rings is 1. The van der Waals surface area contributed by atoms with E-state index in [0.717, 1.165) is 0 Å². The van der Waals surface area contributed by atoms with Crippen LogP contribution in [0.3, 0.4) is 0 Å². The fourth-order valence-corrected chi connectivity index (χ4v) is 0.801. The summed E-state index contributed by atoms with van der Waals surface area (Å²) in [5.41, 5.74) is 0. The molecule has 0 saturated carbocycles. The van der Waals surface area contributed by atoms with Gasteiger partial charge in [-0.15, -0.1) is 0 Å². The quantitative estimate of drug-likeness (QED) is 0.429. The van der Waals surface area contributed by atoms with Crippen LogP contribution in [0.25, 0.3) is 0 Å². The van der Waals surface area contributed by atoms with Crippen LogP contribution in [0, 0.1) is 5.92 Å². The van der Waals surface area contributed by atoms with E-state index < -0.39 is 0 Å². The third-order valence-electron chi connectivity index (χ3n) is 1.64. The molecule has 1 aromatic carbocycles. The van der Waals surface area contributed by atoms with Crippen molar-refractivity contribution in [3.63, 3.8) is 0 Å². The van der Waals surface area contributed by atoms with E-state index in [9.17, 15) is 4.79 Å². The van der Waals surface area contributed by atoms with Crippen LogP contribution in [0.15, 0.2) is 18.2 Å². The zero-order chi connectivity index (χ0) is 10.7. The summed E-state index contributed by atoms with van der Waals surface area (Å²) in [5.74, 6) is -0.937. The number of hydrogen-bond acceptors (Lipinski definition) is 4. The average Bonchev–Trinajstić information content (AvgIpc) is 2.11. The Morgan fingerprint density at radius 1 is 1.29 bits per heavy atom. The van der Waals surface area contributed by atoms with Crippen LogP contribution in [-0.4, -0.2) is 16.2 Å². The molecule has 0 aliphatic heterocycles. The minimum absolute atomic E-state index is 0.221. The Kier molecular flexibility index (Phi) is 2.96. The van der Waals surface area contributed by atoms with Crippen molar-refractivity contribution in [3.8, 4) is 17.2 Å². The molecular weight excluding hydrogens is 184 g/mol. The summed E-state index contributed by atoms with van der Waals surface area (Å²) in [6.45, 7) is 3.42. The van der Waals surface area contributed by atoms with Crippen LogP contribution in [-0.2, 0) is 4.79 Å². The summed E-state index contributed by atoms with van der Waals surface area (Å²) in [6.07, 6.45) is 0. The molecule has 4 heteroatoms. The van der Waals surface area contributed by atoms with E-state index in [0.29, 0.717) is 0 Å². The van der Waals surface area contributed by atoms with Gasteiger partial charge >= 0.3 is 5.97 Å². The molecule has 0 amide bonds. The molecule has 0 aromatic heterocycles. The first-order chi connectivity index (χ1) is 6.50. The summed E-state index contributed by atoms with van der Waals surface area (Å²) in [7, 11) is 0. The van der Waals surface area contributed by atoms with Crippen molar-refractivity contribution in [2.75, 3.05) is 0 Å². The Labute approximate surface area is 81.8 Å². The number of ether oxygens (including phenoxy) is 1. The van der Waals surface area contributed by atoms with E-state index in [1.807, 2.05) is 0 Å². The molecule has 76 valence electrons. The molecule has 1 aromatic rings. The summed E-state index contributed by atoms with van der Waals surface area (Å²) in [4.78, 5) is 11.1. The molecule has 0 fully saturated rings. The van der Waals surface area contributed by atoms with E-state index in [-0.39, 0.29) is 29.1 Å². The van der Waals surface area contributed by atoms with Crippen molar-refractivity contribution in [3.05, 3.63) is 18.2 Å². The van der Waals surface area contributed by atoms with Gasteiger partial charge in [0.2, 0.25) is 0 Å². The van der Waals surface area contributed by atoms with Gasteiger partial charge in [0, 0.05) is 6.07 Å². The Balaban J connectivity index is 2.78. The fraction of sp³-hybridized carbons (Fsp3) is 0.300. The van der Waals surface area contributed by atoms with Gasteiger partial charge in [-0.25, -0.2) is 0 Å². The molecule has 4 nitrogen and oxygen atoms in total. The van der Waals surface area contributed by atoms with E-state index in [4.69, 9.17) is 14.9 Å². The molecule has 0 spiro atoms. The van der Waals surface area contributed by atoms with Crippen LogP contribution in [0.5, 0.6) is 17.2 Å². The second-order valence-corrected chi connectivity index (χ2v) is 3.23. The number of rotatable bonds is 2. The lowest BCUT2D eigenvalue weighted by atomic mass is 10.2. The number of aromatic hydroxyl groups is 2.